The smallest absolute Gasteiger partial charge is 0.180 e. The number of nitrogens with one attached hydrogen (secondary N) is 1. The maximum atomic E-state index is 12.2. The molecule has 1 aliphatic heterocycles. The third-order valence-corrected chi connectivity index (χ3v) is 5.05. The van der Waals surface area contributed by atoms with Crippen molar-refractivity contribution in [2.75, 3.05) is 25.6 Å². The van der Waals surface area contributed by atoms with Crippen LogP contribution >= 0.6 is 0 Å². The minimum absolute atomic E-state index is 0.0777. The number of amidine groups is 1. The molecule has 1 saturated heterocycles. The molecule has 1 aromatic carbocycles. The number of rotatable bonds is 6. The minimum Gasteiger partial charge on any atom is -0.384 e. The van der Waals surface area contributed by atoms with Crippen LogP contribution in [0.15, 0.2) is 29.2 Å². The van der Waals surface area contributed by atoms with Crippen molar-refractivity contribution in [1.29, 1.82) is 5.41 Å². The third kappa shape index (κ3) is 4.52. The lowest BCUT2D eigenvalue weighted by Gasteiger charge is -2.22. The first-order valence-corrected chi connectivity index (χ1v) is 8.51. The van der Waals surface area contributed by atoms with Gasteiger partial charge in [0.2, 0.25) is 0 Å². The minimum atomic E-state index is -3.43. The lowest BCUT2D eigenvalue weighted by Crippen LogP contribution is -2.25. The van der Waals surface area contributed by atoms with Gasteiger partial charge in [0.1, 0.15) is 5.84 Å². The van der Waals surface area contributed by atoms with Gasteiger partial charge in [-0.1, -0.05) is 12.1 Å². The lowest BCUT2D eigenvalue weighted by molar-refractivity contribution is -0.0266. The van der Waals surface area contributed by atoms with E-state index < -0.39 is 9.84 Å². The lowest BCUT2D eigenvalue weighted by atomic mass is 10.2. The van der Waals surface area contributed by atoms with Crippen molar-refractivity contribution < 1.29 is 17.9 Å². The second kappa shape index (κ2) is 7.02. The maximum Gasteiger partial charge on any atom is 0.180 e. The van der Waals surface area contributed by atoms with Gasteiger partial charge in [-0.2, -0.15) is 0 Å². The molecule has 0 spiro atoms. The van der Waals surface area contributed by atoms with Crippen molar-refractivity contribution in [2.24, 2.45) is 5.73 Å². The first-order valence-electron chi connectivity index (χ1n) is 6.85. The molecule has 0 aliphatic carbocycles. The van der Waals surface area contributed by atoms with Crippen LogP contribution in [0.2, 0.25) is 0 Å². The molecule has 0 aromatic heterocycles. The molecule has 1 aromatic rings. The summed E-state index contributed by atoms with van der Waals surface area (Å²) in [6, 6.07) is 6.13. The predicted molar refractivity (Wildman–Crippen MR) is 79.3 cm³/mol. The second-order valence-corrected chi connectivity index (χ2v) is 7.05. The summed E-state index contributed by atoms with van der Waals surface area (Å²) in [4.78, 5) is 0.172. The number of hydrogen-bond donors (Lipinski definition) is 2. The van der Waals surface area contributed by atoms with Crippen molar-refractivity contribution in [1.82, 2.24) is 0 Å². The van der Waals surface area contributed by atoms with Gasteiger partial charge in [0, 0.05) is 18.8 Å². The fraction of sp³-hybridized carbons (Fsp3) is 0.500. The van der Waals surface area contributed by atoms with Gasteiger partial charge in [0.15, 0.2) is 9.84 Å². The summed E-state index contributed by atoms with van der Waals surface area (Å²) >= 11 is 0. The van der Waals surface area contributed by atoms with E-state index in [0.717, 1.165) is 12.8 Å². The van der Waals surface area contributed by atoms with E-state index in [4.69, 9.17) is 20.6 Å². The number of nitrogens with two attached hydrogens (primary N) is 1. The van der Waals surface area contributed by atoms with E-state index in [1.165, 1.54) is 12.1 Å². The third-order valence-electron chi connectivity index (χ3n) is 3.38. The van der Waals surface area contributed by atoms with Gasteiger partial charge in [-0.25, -0.2) is 8.42 Å². The van der Waals surface area contributed by atoms with E-state index in [1.54, 1.807) is 12.1 Å². The average Bonchev–Trinajstić information content (AvgIpc) is 2.48. The van der Waals surface area contributed by atoms with E-state index in [0.29, 0.717) is 18.8 Å². The highest BCUT2D eigenvalue weighted by Gasteiger charge is 2.18. The van der Waals surface area contributed by atoms with Gasteiger partial charge < -0.3 is 15.2 Å². The molecule has 3 N–H and O–H groups in total. The first-order chi connectivity index (χ1) is 9.99. The standard InChI is InChI=1S/C14H20N2O4S/c15-14(16)11-2-1-3-13(10-11)21(17,18)9-8-20-12-4-6-19-7-5-12/h1-3,10,12H,4-9H2,(H3,15,16). The second-order valence-electron chi connectivity index (χ2n) is 4.94. The fourth-order valence-electron chi connectivity index (χ4n) is 2.14. The zero-order valence-corrected chi connectivity index (χ0v) is 12.6. The molecule has 0 atom stereocenters. The van der Waals surface area contributed by atoms with Gasteiger partial charge in [0.05, 0.1) is 23.4 Å². The van der Waals surface area contributed by atoms with Gasteiger partial charge in [0.25, 0.3) is 0 Å². The van der Waals surface area contributed by atoms with Gasteiger partial charge in [-0.3, -0.25) is 5.41 Å². The van der Waals surface area contributed by atoms with E-state index in [9.17, 15) is 8.42 Å². The molecule has 0 amide bonds. The van der Waals surface area contributed by atoms with E-state index >= 15 is 0 Å². The van der Waals surface area contributed by atoms with Crippen molar-refractivity contribution in [3.8, 4) is 0 Å². The van der Waals surface area contributed by atoms with Crippen LogP contribution in [0, 0.1) is 5.41 Å². The summed E-state index contributed by atoms with van der Waals surface area (Å²) in [5.74, 6) is -0.225. The zero-order valence-electron chi connectivity index (χ0n) is 11.7. The van der Waals surface area contributed by atoms with Crippen LogP contribution in [0.1, 0.15) is 18.4 Å². The predicted octanol–water partition coefficient (Wildman–Crippen LogP) is 0.940. The Hall–Kier alpha value is -1.44. The number of ether oxygens (including phenoxy) is 2. The molecule has 0 radical (unpaired) electrons. The molecule has 7 heteroatoms. The van der Waals surface area contributed by atoms with Crippen molar-refractivity contribution in [3.63, 3.8) is 0 Å². The maximum absolute atomic E-state index is 12.2. The van der Waals surface area contributed by atoms with Crippen LogP contribution in [-0.2, 0) is 19.3 Å². The van der Waals surface area contributed by atoms with Crippen molar-refractivity contribution in [3.05, 3.63) is 29.8 Å². The van der Waals surface area contributed by atoms with Gasteiger partial charge in [-0.05, 0) is 25.0 Å². The Labute approximate surface area is 124 Å². The number of sulfone groups is 1. The molecule has 0 unspecified atom stereocenters. The molecule has 0 bridgehead atoms. The Kier molecular flexibility index (Phi) is 5.33. The Balaban J connectivity index is 1.94. The Morgan fingerprint density at radius 3 is 2.76 bits per heavy atom. The van der Waals surface area contributed by atoms with E-state index in [1.807, 2.05) is 0 Å². The van der Waals surface area contributed by atoms with Crippen molar-refractivity contribution in [2.45, 2.75) is 23.8 Å². The van der Waals surface area contributed by atoms with Crippen LogP contribution in [0.4, 0.5) is 0 Å². The number of nitrogen functional groups attached to an aromatic ring is 1. The molecule has 6 nitrogen and oxygen atoms in total. The highest BCUT2D eigenvalue weighted by atomic mass is 32.2. The Morgan fingerprint density at radius 2 is 2.10 bits per heavy atom. The molecule has 1 fully saturated rings. The molecule has 0 saturated carbocycles. The Morgan fingerprint density at radius 1 is 1.38 bits per heavy atom. The van der Waals surface area contributed by atoms with Gasteiger partial charge in [-0.15, -0.1) is 0 Å². The SMILES string of the molecule is N=C(N)c1cccc(S(=O)(=O)CCOC2CCOCC2)c1. The highest BCUT2D eigenvalue weighted by Crippen LogP contribution is 2.15. The fourth-order valence-corrected chi connectivity index (χ4v) is 3.29. The monoisotopic (exact) mass is 312 g/mol. The number of benzene rings is 1. The molecule has 1 heterocycles. The van der Waals surface area contributed by atoms with Crippen molar-refractivity contribution >= 4 is 15.7 Å². The summed E-state index contributed by atoms with van der Waals surface area (Å²) in [5, 5.41) is 7.35. The first kappa shape index (κ1) is 15.9. The highest BCUT2D eigenvalue weighted by molar-refractivity contribution is 7.91. The van der Waals surface area contributed by atoms with E-state index in [2.05, 4.69) is 0 Å². The quantitative estimate of drug-likeness (QED) is 0.601. The molecule has 2 rings (SSSR count). The van der Waals surface area contributed by atoms with Gasteiger partial charge >= 0.3 is 0 Å². The van der Waals surface area contributed by atoms with Crippen LogP contribution in [0.3, 0.4) is 0 Å². The summed E-state index contributed by atoms with van der Waals surface area (Å²) in [7, 11) is -3.43. The topological polar surface area (TPSA) is 102 Å². The van der Waals surface area contributed by atoms with Crippen LogP contribution < -0.4 is 5.73 Å². The molecule has 1 aliphatic rings. The summed E-state index contributed by atoms with van der Waals surface area (Å²) < 4.78 is 35.3. The van der Waals surface area contributed by atoms with E-state index in [-0.39, 0.29) is 29.2 Å². The zero-order chi connectivity index (χ0) is 15.3. The normalized spacial score (nSPS) is 16.8. The number of hydrogen-bond acceptors (Lipinski definition) is 5. The average molecular weight is 312 g/mol. The van der Waals surface area contributed by atoms with Crippen LogP contribution in [-0.4, -0.2) is 45.9 Å². The molecule has 21 heavy (non-hydrogen) atoms. The Bertz CT molecular complexity index is 595. The molecule has 116 valence electrons. The largest absolute Gasteiger partial charge is 0.384 e. The summed E-state index contributed by atoms with van der Waals surface area (Å²) in [5.41, 5.74) is 5.78. The van der Waals surface area contributed by atoms with Crippen LogP contribution in [0.5, 0.6) is 0 Å². The summed E-state index contributed by atoms with van der Waals surface area (Å²) in [6.07, 6.45) is 1.69. The van der Waals surface area contributed by atoms with Crippen LogP contribution in [0.25, 0.3) is 0 Å². The summed E-state index contributed by atoms with van der Waals surface area (Å²) in [6.45, 7) is 1.49. The molecular formula is C14H20N2O4S. The molecular weight excluding hydrogens is 292 g/mol.